The second-order valence-electron chi connectivity index (χ2n) is 8.55. The summed E-state index contributed by atoms with van der Waals surface area (Å²) in [5.74, 6) is 1.57. The maximum Gasteiger partial charge on any atom is 0.217 e. The van der Waals surface area contributed by atoms with Crippen LogP contribution in [-0.2, 0) is 19.4 Å². The zero-order valence-electron chi connectivity index (χ0n) is 20.0. The number of hydrogen-bond acceptors (Lipinski definition) is 7. The van der Waals surface area contributed by atoms with Crippen molar-refractivity contribution < 1.29 is 4.79 Å². The van der Waals surface area contributed by atoms with Crippen LogP contribution in [0.2, 0.25) is 0 Å². The average molecular weight is 479 g/mol. The lowest BCUT2D eigenvalue weighted by atomic mass is 10.0. The van der Waals surface area contributed by atoms with Gasteiger partial charge in [-0.2, -0.15) is 5.21 Å². The van der Waals surface area contributed by atoms with Crippen molar-refractivity contribution in [3.8, 4) is 22.5 Å². The highest BCUT2D eigenvalue weighted by atomic mass is 16.1. The predicted molar refractivity (Wildman–Crippen MR) is 135 cm³/mol. The molecule has 9 heteroatoms. The summed E-state index contributed by atoms with van der Waals surface area (Å²) >= 11 is 0. The van der Waals surface area contributed by atoms with Crippen LogP contribution in [0, 0.1) is 0 Å². The molecule has 0 bridgehead atoms. The topological polar surface area (TPSA) is 115 Å². The molecule has 5 rings (SSSR count). The van der Waals surface area contributed by atoms with Gasteiger partial charge in [-0.25, -0.2) is 9.67 Å². The molecule has 9 nitrogen and oxygen atoms in total. The van der Waals surface area contributed by atoms with Crippen molar-refractivity contribution in [2.24, 2.45) is 0 Å². The second kappa shape index (κ2) is 10.8. The molecule has 3 aromatic heterocycles. The molecule has 0 saturated heterocycles. The number of aryl methyl sites for hydroxylation is 1. The number of rotatable bonds is 10. The normalized spacial score (nSPS) is 11.0. The Labute approximate surface area is 208 Å². The van der Waals surface area contributed by atoms with E-state index in [0.717, 1.165) is 52.9 Å². The first-order chi connectivity index (χ1) is 17.7. The van der Waals surface area contributed by atoms with Gasteiger partial charge in [0, 0.05) is 36.4 Å². The van der Waals surface area contributed by atoms with Gasteiger partial charge in [-0.15, -0.1) is 15.3 Å². The highest BCUT2D eigenvalue weighted by Crippen LogP contribution is 2.29. The minimum absolute atomic E-state index is 0.0707. The minimum atomic E-state index is -0.0707. The molecule has 0 saturated carbocycles. The molecule has 0 aliphatic rings. The summed E-state index contributed by atoms with van der Waals surface area (Å²) in [4.78, 5) is 21.8. The lowest BCUT2D eigenvalue weighted by Crippen LogP contribution is -2.09. The Kier molecular flexibility index (Phi) is 6.98. The highest BCUT2D eigenvalue weighted by molar-refractivity contribution is 5.94. The van der Waals surface area contributed by atoms with Crippen LogP contribution in [0.3, 0.4) is 0 Å². The molecule has 5 aromatic rings. The zero-order chi connectivity index (χ0) is 24.7. The number of aromatic nitrogens is 8. The fourth-order valence-corrected chi connectivity index (χ4v) is 4.06. The first-order valence-corrected chi connectivity index (χ1v) is 12.0. The van der Waals surface area contributed by atoms with E-state index in [9.17, 15) is 4.79 Å². The molecule has 1 N–H and O–H groups in total. The number of Topliss-reactive ketones (excluding diaryl/α,β-unsaturated/α-hetero) is 1. The van der Waals surface area contributed by atoms with Crippen LogP contribution in [0.5, 0.6) is 0 Å². The van der Waals surface area contributed by atoms with Crippen molar-refractivity contribution in [2.75, 3.05) is 0 Å². The van der Waals surface area contributed by atoms with E-state index < -0.39 is 0 Å². The van der Waals surface area contributed by atoms with E-state index in [2.05, 4.69) is 54.7 Å². The van der Waals surface area contributed by atoms with Crippen molar-refractivity contribution in [1.82, 2.24) is 40.4 Å². The van der Waals surface area contributed by atoms with Gasteiger partial charge in [0.25, 0.3) is 0 Å². The number of nitrogens with one attached hydrogen (secondary N) is 1. The van der Waals surface area contributed by atoms with Crippen molar-refractivity contribution in [2.45, 2.75) is 39.2 Å². The summed E-state index contributed by atoms with van der Waals surface area (Å²) in [6.45, 7) is 2.68. The van der Waals surface area contributed by atoms with E-state index in [1.807, 2.05) is 53.2 Å². The Morgan fingerprint density at radius 1 is 0.972 bits per heavy atom. The summed E-state index contributed by atoms with van der Waals surface area (Å²) in [5, 5.41) is 19.0. The number of H-pyrrole nitrogens is 1. The lowest BCUT2D eigenvalue weighted by Gasteiger charge is -2.09. The van der Waals surface area contributed by atoms with Gasteiger partial charge in [-0.05, 0) is 34.4 Å². The van der Waals surface area contributed by atoms with Crippen LogP contribution in [-0.4, -0.2) is 46.2 Å². The number of carbonyl (C=O) groups is 1. The number of nitrogens with zero attached hydrogens (tertiary/aromatic N) is 7. The predicted octanol–water partition coefficient (Wildman–Crippen LogP) is 4.34. The van der Waals surface area contributed by atoms with Crippen LogP contribution >= 0.6 is 0 Å². The van der Waals surface area contributed by atoms with Crippen molar-refractivity contribution in [3.05, 3.63) is 95.8 Å². The number of aromatic amines is 1. The van der Waals surface area contributed by atoms with Gasteiger partial charge in [-0.3, -0.25) is 9.78 Å². The van der Waals surface area contributed by atoms with Gasteiger partial charge < -0.3 is 0 Å². The van der Waals surface area contributed by atoms with E-state index in [-0.39, 0.29) is 11.6 Å². The fourth-order valence-electron chi connectivity index (χ4n) is 4.06. The van der Waals surface area contributed by atoms with Gasteiger partial charge in [0.05, 0.1) is 6.54 Å². The van der Waals surface area contributed by atoms with Crippen LogP contribution in [0.1, 0.15) is 47.3 Å². The molecule has 36 heavy (non-hydrogen) atoms. The molecule has 0 spiro atoms. The molecular weight excluding hydrogens is 452 g/mol. The summed E-state index contributed by atoms with van der Waals surface area (Å²) in [7, 11) is 0. The molecule has 0 aliphatic carbocycles. The van der Waals surface area contributed by atoms with Gasteiger partial charge in [0.2, 0.25) is 17.4 Å². The Hall–Kier alpha value is -4.53. The number of carbonyl (C=O) groups excluding carboxylic acids is 1. The summed E-state index contributed by atoms with van der Waals surface area (Å²) in [5.41, 5.74) is 4.79. The third-order valence-electron chi connectivity index (χ3n) is 5.96. The van der Waals surface area contributed by atoms with E-state index >= 15 is 0 Å². The molecule has 180 valence electrons. The maximum absolute atomic E-state index is 12.9. The molecule has 0 aliphatic heterocycles. The number of hydrogen-bond donors (Lipinski definition) is 1. The van der Waals surface area contributed by atoms with Crippen LogP contribution < -0.4 is 0 Å². The third kappa shape index (κ3) is 5.25. The fraction of sp³-hybridized carbons (Fsp3) is 0.222. The van der Waals surface area contributed by atoms with Gasteiger partial charge >= 0.3 is 0 Å². The van der Waals surface area contributed by atoms with Crippen LogP contribution in [0.4, 0.5) is 0 Å². The highest BCUT2D eigenvalue weighted by Gasteiger charge is 2.17. The van der Waals surface area contributed by atoms with Crippen molar-refractivity contribution >= 4 is 5.78 Å². The van der Waals surface area contributed by atoms with Crippen molar-refractivity contribution in [1.29, 1.82) is 0 Å². The average Bonchev–Trinajstić information content (AvgIpc) is 3.59. The van der Waals surface area contributed by atoms with Crippen LogP contribution in [0.25, 0.3) is 22.5 Å². The standard InChI is InChI=1S/C27H26N8O/c1-2-3-9-25-29-27(24(36)16-19-7-5-4-6-8-19)32-35(25)18-20-10-12-21(13-11-20)23-17-28-15-14-22(23)26-30-33-34-31-26/h4-8,10-15,17H,2-3,9,16,18H2,1H3,(H,30,31,33,34). The number of benzene rings is 2. The Morgan fingerprint density at radius 3 is 2.56 bits per heavy atom. The van der Waals surface area contributed by atoms with Gasteiger partial charge in [-0.1, -0.05) is 67.9 Å². The smallest absolute Gasteiger partial charge is 0.217 e. The quantitative estimate of drug-likeness (QED) is 0.297. The van der Waals surface area contributed by atoms with E-state index in [4.69, 9.17) is 0 Å². The Morgan fingerprint density at radius 2 is 1.81 bits per heavy atom. The van der Waals surface area contributed by atoms with Gasteiger partial charge in [0.1, 0.15) is 5.82 Å². The van der Waals surface area contributed by atoms with E-state index in [1.165, 1.54) is 0 Å². The molecule has 0 unspecified atom stereocenters. The molecule has 2 aromatic carbocycles. The minimum Gasteiger partial charge on any atom is -0.290 e. The molecule has 0 atom stereocenters. The Bertz CT molecular complexity index is 1430. The second-order valence-corrected chi connectivity index (χ2v) is 8.55. The Balaban J connectivity index is 1.37. The summed E-state index contributed by atoms with van der Waals surface area (Å²) < 4.78 is 1.86. The molecule has 0 amide bonds. The van der Waals surface area contributed by atoms with Gasteiger partial charge in [0.15, 0.2) is 0 Å². The number of ketones is 1. The molecule has 3 heterocycles. The zero-order valence-corrected chi connectivity index (χ0v) is 20.0. The first-order valence-electron chi connectivity index (χ1n) is 12.0. The number of tetrazole rings is 1. The summed E-state index contributed by atoms with van der Waals surface area (Å²) in [6.07, 6.45) is 6.62. The third-order valence-corrected chi connectivity index (χ3v) is 5.96. The number of pyridine rings is 1. The summed E-state index contributed by atoms with van der Waals surface area (Å²) in [6, 6.07) is 19.8. The molecule has 0 radical (unpaired) electrons. The first kappa shape index (κ1) is 23.2. The maximum atomic E-state index is 12.9. The van der Waals surface area contributed by atoms with E-state index in [1.54, 1.807) is 12.4 Å². The lowest BCUT2D eigenvalue weighted by molar-refractivity contribution is 0.0982. The monoisotopic (exact) mass is 478 g/mol. The largest absolute Gasteiger partial charge is 0.290 e. The van der Waals surface area contributed by atoms with E-state index in [0.29, 0.717) is 18.8 Å². The SMILES string of the molecule is CCCCc1nc(C(=O)Cc2ccccc2)nn1Cc1ccc(-c2cnccc2-c2nn[nH]n2)cc1. The van der Waals surface area contributed by atoms with Crippen LogP contribution in [0.15, 0.2) is 73.1 Å². The van der Waals surface area contributed by atoms with Crippen molar-refractivity contribution in [3.63, 3.8) is 0 Å². The molecule has 0 fully saturated rings. The number of unbranched alkanes of at least 4 members (excludes halogenated alkanes) is 1. The molecular formula is C27H26N8O.